The fourth-order valence-electron chi connectivity index (χ4n) is 4.29. The van der Waals surface area contributed by atoms with Crippen molar-refractivity contribution in [2.24, 2.45) is 0 Å². The number of hydrogen-bond donors (Lipinski definition) is 0. The predicted octanol–water partition coefficient (Wildman–Crippen LogP) is 3.45. The van der Waals surface area contributed by atoms with E-state index in [9.17, 15) is 13.7 Å². The number of nitrogens with zero attached hydrogens (tertiary/aromatic N) is 5. The first-order valence-corrected chi connectivity index (χ1v) is 12.8. The molecular formula is C26H25N5O3S. The molecule has 1 saturated heterocycles. The van der Waals surface area contributed by atoms with Crippen molar-refractivity contribution < 1.29 is 13.2 Å². The predicted molar refractivity (Wildman–Crippen MR) is 132 cm³/mol. The Labute approximate surface area is 204 Å². The Bertz CT molecular complexity index is 1470. The molecular weight excluding hydrogens is 462 g/mol. The van der Waals surface area contributed by atoms with Crippen molar-refractivity contribution >= 4 is 21.1 Å². The van der Waals surface area contributed by atoms with Gasteiger partial charge >= 0.3 is 0 Å². The van der Waals surface area contributed by atoms with Crippen LogP contribution in [0.15, 0.2) is 83.8 Å². The molecule has 1 aliphatic heterocycles. The van der Waals surface area contributed by atoms with Crippen LogP contribution in [0, 0.1) is 11.3 Å². The normalized spacial score (nSPS) is 15.2. The van der Waals surface area contributed by atoms with Crippen molar-refractivity contribution in [3.05, 3.63) is 90.3 Å². The van der Waals surface area contributed by atoms with Gasteiger partial charge in [0.15, 0.2) is 0 Å². The van der Waals surface area contributed by atoms with Crippen molar-refractivity contribution in [1.29, 1.82) is 5.26 Å². The average molecular weight is 488 g/mol. The topological polar surface area (TPSA) is 91.5 Å². The van der Waals surface area contributed by atoms with E-state index in [2.05, 4.69) is 9.47 Å². The first-order valence-electron chi connectivity index (χ1n) is 11.4. The van der Waals surface area contributed by atoms with E-state index in [0.29, 0.717) is 39.5 Å². The molecule has 0 saturated carbocycles. The molecule has 0 aliphatic carbocycles. The van der Waals surface area contributed by atoms with Crippen molar-refractivity contribution in [3.63, 3.8) is 0 Å². The summed E-state index contributed by atoms with van der Waals surface area (Å²) in [6.07, 6.45) is 0. The summed E-state index contributed by atoms with van der Waals surface area (Å²) in [6, 6.07) is 25.9. The zero-order chi connectivity index (χ0) is 24.3. The van der Waals surface area contributed by atoms with Gasteiger partial charge in [0, 0.05) is 26.2 Å². The van der Waals surface area contributed by atoms with Gasteiger partial charge in [0.05, 0.1) is 28.2 Å². The highest BCUT2D eigenvalue weighted by molar-refractivity contribution is 7.89. The molecule has 4 aromatic rings. The van der Waals surface area contributed by atoms with Gasteiger partial charge in [-0.3, -0.25) is 4.90 Å². The smallest absolute Gasteiger partial charge is 0.244 e. The Morgan fingerprint density at radius 2 is 1.57 bits per heavy atom. The summed E-state index contributed by atoms with van der Waals surface area (Å²) in [6.45, 7) is 2.75. The van der Waals surface area contributed by atoms with E-state index < -0.39 is 10.0 Å². The highest BCUT2D eigenvalue weighted by Gasteiger charge is 2.30. The van der Waals surface area contributed by atoms with E-state index in [0.717, 1.165) is 22.6 Å². The van der Waals surface area contributed by atoms with Crippen molar-refractivity contribution in [1.82, 2.24) is 18.8 Å². The second-order valence-electron chi connectivity index (χ2n) is 8.32. The molecule has 0 spiro atoms. The lowest BCUT2D eigenvalue weighted by Crippen LogP contribution is -2.49. The number of nitriles is 1. The maximum absolute atomic E-state index is 13.2. The van der Waals surface area contributed by atoms with E-state index in [-0.39, 0.29) is 10.5 Å². The molecule has 178 valence electrons. The molecule has 8 nitrogen and oxygen atoms in total. The molecule has 3 aromatic carbocycles. The fraction of sp³-hybridized carbons (Fsp3) is 0.231. The number of fused-ring (bicyclic) bond motifs is 1. The number of sulfonamides is 1. The largest absolute Gasteiger partial charge is 0.486 e. The molecule has 0 N–H and O–H groups in total. The Morgan fingerprint density at radius 1 is 0.886 bits per heavy atom. The number of imidazole rings is 1. The summed E-state index contributed by atoms with van der Waals surface area (Å²) in [5, 5.41) is 9.33. The van der Waals surface area contributed by atoms with Crippen LogP contribution >= 0.6 is 0 Å². The highest BCUT2D eigenvalue weighted by atomic mass is 32.2. The second kappa shape index (κ2) is 9.88. The zero-order valence-electron chi connectivity index (χ0n) is 19.1. The number of piperazine rings is 1. The lowest BCUT2D eigenvalue weighted by atomic mass is 10.2. The summed E-state index contributed by atoms with van der Waals surface area (Å²) in [5.74, 6) is 1.59. The van der Waals surface area contributed by atoms with E-state index in [1.807, 2.05) is 60.7 Å². The zero-order valence-corrected chi connectivity index (χ0v) is 19.9. The van der Waals surface area contributed by atoms with Gasteiger partial charge in [-0.05, 0) is 36.4 Å². The minimum absolute atomic E-state index is 0.0666. The van der Waals surface area contributed by atoms with Gasteiger partial charge in [-0.15, -0.1) is 0 Å². The van der Waals surface area contributed by atoms with Crippen LogP contribution in [-0.2, 0) is 23.3 Å². The van der Waals surface area contributed by atoms with E-state index in [1.165, 1.54) is 16.4 Å². The lowest BCUT2D eigenvalue weighted by Gasteiger charge is -2.34. The summed E-state index contributed by atoms with van der Waals surface area (Å²) in [5.41, 5.74) is 2.08. The lowest BCUT2D eigenvalue weighted by molar-refractivity contribution is 0.149. The Balaban J connectivity index is 1.31. The molecule has 0 unspecified atom stereocenters. The van der Waals surface area contributed by atoms with Gasteiger partial charge in [-0.25, -0.2) is 13.4 Å². The minimum atomic E-state index is -3.73. The Kier molecular flexibility index (Phi) is 6.51. The summed E-state index contributed by atoms with van der Waals surface area (Å²) >= 11 is 0. The van der Waals surface area contributed by atoms with Gasteiger partial charge in [-0.2, -0.15) is 9.57 Å². The van der Waals surface area contributed by atoms with Crippen LogP contribution in [0.1, 0.15) is 11.4 Å². The maximum atomic E-state index is 13.2. The number of ether oxygens (including phenoxy) is 1. The molecule has 2 heterocycles. The fourth-order valence-corrected chi connectivity index (χ4v) is 5.86. The molecule has 9 heteroatoms. The monoisotopic (exact) mass is 487 g/mol. The van der Waals surface area contributed by atoms with Crippen molar-refractivity contribution in [3.8, 4) is 11.8 Å². The first kappa shape index (κ1) is 23.1. The SMILES string of the molecule is N#Cc1ccccc1S(=O)(=O)N1CCN(Cn2c(COc3ccccc3)nc3ccccc32)CC1. The number of hydrogen-bond acceptors (Lipinski definition) is 6. The molecule has 5 rings (SSSR count). The molecule has 1 fully saturated rings. The van der Waals surface area contributed by atoms with E-state index in [4.69, 9.17) is 9.72 Å². The Hall–Kier alpha value is -3.71. The number of benzene rings is 3. The third-order valence-electron chi connectivity index (χ3n) is 6.14. The number of rotatable bonds is 7. The van der Waals surface area contributed by atoms with Crippen LogP contribution in [0.25, 0.3) is 11.0 Å². The van der Waals surface area contributed by atoms with Crippen LogP contribution in [0.4, 0.5) is 0 Å². The third-order valence-corrected chi connectivity index (χ3v) is 8.10. The minimum Gasteiger partial charge on any atom is -0.486 e. The van der Waals surface area contributed by atoms with Crippen molar-refractivity contribution in [2.75, 3.05) is 26.2 Å². The van der Waals surface area contributed by atoms with Crippen LogP contribution in [-0.4, -0.2) is 53.4 Å². The van der Waals surface area contributed by atoms with Gasteiger partial charge < -0.3 is 9.30 Å². The molecule has 0 atom stereocenters. The summed E-state index contributed by atoms with van der Waals surface area (Å²) in [7, 11) is -3.73. The van der Waals surface area contributed by atoms with E-state index >= 15 is 0 Å². The number of para-hydroxylation sites is 3. The van der Waals surface area contributed by atoms with Crippen molar-refractivity contribution in [2.45, 2.75) is 18.2 Å². The summed E-state index contributed by atoms with van der Waals surface area (Å²) < 4.78 is 35.9. The molecule has 0 radical (unpaired) electrons. The van der Waals surface area contributed by atoms with Crippen LogP contribution in [0.2, 0.25) is 0 Å². The van der Waals surface area contributed by atoms with E-state index in [1.54, 1.807) is 12.1 Å². The maximum Gasteiger partial charge on any atom is 0.244 e. The second-order valence-corrected chi connectivity index (χ2v) is 10.2. The molecule has 1 aromatic heterocycles. The molecule has 1 aliphatic rings. The average Bonchev–Trinajstić information content (AvgIpc) is 3.25. The molecule has 0 bridgehead atoms. The van der Waals surface area contributed by atoms with Gasteiger partial charge in [0.25, 0.3) is 0 Å². The third kappa shape index (κ3) is 4.77. The van der Waals surface area contributed by atoms with Gasteiger partial charge in [0.2, 0.25) is 10.0 Å². The summed E-state index contributed by atoms with van der Waals surface area (Å²) in [4.78, 5) is 7.06. The van der Waals surface area contributed by atoms with Gasteiger partial charge in [-0.1, -0.05) is 42.5 Å². The standard InChI is InChI=1S/C26H25N5O3S/c27-18-21-8-4-7-13-25(21)35(32,33)30-16-14-29(15-17-30)20-31-24-12-6-5-11-23(24)28-26(31)19-34-22-9-2-1-3-10-22/h1-13H,14-17,19-20H2. The van der Waals surface area contributed by atoms with Crippen LogP contribution in [0.5, 0.6) is 5.75 Å². The molecule has 0 amide bonds. The first-order chi connectivity index (χ1) is 17.1. The Morgan fingerprint density at radius 3 is 2.34 bits per heavy atom. The number of aromatic nitrogens is 2. The highest BCUT2D eigenvalue weighted by Crippen LogP contribution is 2.23. The van der Waals surface area contributed by atoms with Gasteiger partial charge in [0.1, 0.15) is 24.3 Å². The van der Waals surface area contributed by atoms with Crippen LogP contribution in [0.3, 0.4) is 0 Å². The molecule has 35 heavy (non-hydrogen) atoms. The van der Waals surface area contributed by atoms with Crippen LogP contribution < -0.4 is 4.74 Å². The quantitative estimate of drug-likeness (QED) is 0.397.